The van der Waals surface area contributed by atoms with Crippen LogP contribution in [0.15, 0.2) is 4.47 Å². The highest BCUT2D eigenvalue weighted by Crippen LogP contribution is 2.25. The fourth-order valence-corrected chi connectivity index (χ4v) is 3.41. The summed E-state index contributed by atoms with van der Waals surface area (Å²) < 4.78 is 8.87. The predicted molar refractivity (Wildman–Crippen MR) is 78.7 cm³/mol. The molecule has 0 aliphatic carbocycles. The van der Waals surface area contributed by atoms with E-state index in [9.17, 15) is 0 Å². The van der Waals surface area contributed by atoms with Crippen LogP contribution in [0.1, 0.15) is 37.6 Å². The zero-order valence-corrected chi connectivity index (χ0v) is 13.2. The van der Waals surface area contributed by atoms with Gasteiger partial charge in [0.15, 0.2) is 0 Å². The number of nitrogens with zero attached hydrogens (tertiary/aromatic N) is 2. The lowest BCUT2D eigenvalue weighted by Crippen LogP contribution is -2.48. The Hall–Kier alpha value is -0.430. The van der Waals surface area contributed by atoms with Gasteiger partial charge in [0.2, 0.25) is 0 Å². The van der Waals surface area contributed by atoms with Crippen molar-refractivity contribution in [3.63, 3.8) is 0 Å². The molecule has 0 amide bonds. The normalized spacial score (nSPS) is 21.6. The van der Waals surface area contributed by atoms with Gasteiger partial charge < -0.3 is 4.74 Å². The maximum absolute atomic E-state index is 5.83. The Balaban J connectivity index is 2.11. The number of nitrogens with two attached hydrogens (primary N) is 1. The molecule has 2 unspecified atom stereocenters. The van der Waals surface area contributed by atoms with Crippen molar-refractivity contribution >= 4 is 15.9 Å². The van der Waals surface area contributed by atoms with E-state index in [1.165, 1.54) is 12.1 Å². The number of aromatic nitrogens is 2. The van der Waals surface area contributed by atoms with E-state index >= 15 is 0 Å². The minimum Gasteiger partial charge on any atom is -0.377 e. The lowest BCUT2D eigenvalue weighted by Gasteiger charge is -2.30. The van der Waals surface area contributed by atoms with Crippen LogP contribution < -0.4 is 11.3 Å². The van der Waals surface area contributed by atoms with Crippen LogP contribution in [0.3, 0.4) is 0 Å². The Labute approximate surface area is 123 Å². The Kier molecular flexibility index (Phi) is 5.38. The molecule has 0 aromatic carbocycles. The fourth-order valence-electron chi connectivity index (χ4n) is 2.63. The topological polar surface area (TPSA) is 65.1 Å². The van der Waals surface area contributed by atoms with Gasteiger partial charge in [0, 0.05) is 20.1 Å². The molecule has 0 bridgehead atoms. The molecule has 1 aliphatic heterocycles. The van der Waals surface area contributed by atoms with Crippen molar-refractivity contribution in [3.8, 4) is 0 Å². The predicted octanol–water partition coefficient (Wildman–Crippen LogP) is 1.69. The molecule has 3 N–H and O–H groups in total. The Morgan fingerprint density at radius 1 is 1.58 bits per heavy atom. The molecule has 2 atom stereocenters. The Morgan fingerprint density at radius 2 is 2.37 bits per heavy atom. The average molecular weight is 331 g/mol. The van der Waals surface area contributed by atoms with Gasteiger partial charge in [-0.2, -0.15) is 5.10 Å². The van der Waals surface area contributed by atoms with E-state index in [0.29, 0.717) is 0 Å². The summed E-state index contributed by atoms with van der Waals surface area (Å²) in [6.07, 6.45) is 5.40. The number of ether oxygens (including phenoxy) is 1. The van der Waals surface area contributed by atoms with Crippen LogP contribution in [0, 0.1) is 0 Å². The van der Waals surface area contributed by atoms with Crippen LogP contribution in [-0.2, 0) is 24.6 Å². The van der Waals surface area contributed by atoms with Gasteiger partial charge >= 0.3 is 0 Å². The third-order valence-electron chi connectivity index (χ3n) is 3.79. The minimum atomic E-state index is 0.136. The maximum Gasteiger partial charge on any atom is 0.0766 e. The zero-order chi connectivity index (χ0) is 13.8. The second-order valence-electron chi connectivity index (χ2n) is 5.07. The van der Waals surface area contributed by atoms with Crippen molar-refractivity contribution in [3.05, 3.63) is 15.9 Å². The highest BCUT2D eigenvalue weighted by Gasteiger charge is 2.26. The number of hydrogen-bond acceptors (Lipinski definition) is 4. The number of halogens is 1. The standard InChI is InChI=1S/C13H23BrN4O/c1-3-9-13(14)11(18(2)17-9)8-10(16-15)12-6-4-5-7-19-12/h10,12,16H,3-8,15H2,1-2H3. The summed E-state index contributed by atoms with van der Waals surface area (Å²) in [6, 6.07) is 0.136. The van der Waals surface area contributed by atoms with E-state index in [2.05, 4.69) is 33.4 Å². The molecule has 108 valence electrons. The van der Waals surface area contributed by atoms with Crippen LogP contribution in [0.5, 0.6) is 0 Å². The lowest BCUT2D eigenvalue weighted by molar-refractivity contribution is -0.00781. The van der Waals surface area contributed by atoms with Crippen molar-refractivity contribution in [1.29, 1.82) is 0 Å². The molecular weight excluding hydrogens is 308 g/mol. The molecule has 0 spiro atoms. The average Bonchev–Trinajstić information content (AvgIpc) is 2.72. The van der Waals surface area contributed by atoms with E-state index in [0.717, 1.165) is 42.5 Å². The van der Waals surface area contributed by atoms with Crippen molar-refractivity contribution in [2.24, 2.45) is 12.9 Å². The van der Waals surface area contributed by atoms with E-state index < -0.39 is 0 Å². The third kappa shape index (κ3) is 3.37. The summed E-state index contributed by atoms with van der Waals surface area (Å²) in [5.41, 5.74) is 5.19. The monoisotopic (exact) mass is 330 g/mol. The van der Waals surface area contributed by atoms with E-state index in [4.69, 9.17) is 10.6 Å². The molecule has 6 heteroatoms. The number of hydrazine groups is 1. The molecule has 2 rings (SSSR count). The second-order valence-corrected chi connectivity index (χ2v) is 5.86. The van der Waals surface area contributed by atoms with Crippen molar-refractivity contribution in [2.45, 2.75) is 51.2 Å². The number of aryl methyl sites for hydroxylation is 2. The van der Waals surface area contributed by atoms with Crippen LogP contribution >= 0.6 is 15.9 Å². The van der Waals surface area contributed by atoms with Crippen LogP contribution in [0.25, 0.3) is 0 Å². The molecule has 1 saturated heterocycles. The SMILES string of the molecule is CCc1nn(C)c(CC(NN)C2CCCCO2)c1Br. The van der Waals surface area contributed by atoms with Crippen LogP contribution in [0.4, 0.5) is 0 Å². The lowest BCUT2D eigenvalue weighted by atomic mass is 9.98. The van der Waals surface area contributed by atoms with Crippen LogP contribution in [-0.4, -0.2) is 28.5 Å². The van der Waals surface area contributed by atoms with Gasteiger partial charge in [-0.15, -0.1) is 0 Å². The third-order valence-corrected chi connectivity index (χ3v) is 4.71. The zero-order valence-electron chi connectivity index (χ0n) is 11.7. The van der Waals surface area contributed by atoms with Gasteiger partial charge in [0.05, 0.1) is 28.0 Å². The molecular formula is C13H23BrN4O. The first kappa shape index (κ1) is 15.0. The molecule has 0 radical (unpaired) electrons. The van der Waals surface area contributed by atoms with Gasteiger partial charge in [0.25, 0.3) is 0 Å². The summed E-state index contributed by atoms with van der Waals surface area (Å²) in [4.78, 5) is 0. The molecule has 1 aromatic heterocycles. The van der Waals surface area contributed by atoms with Gasteiger partial charge in [-0.3, -0.25) is 16.0 Å². The quantitative estimate of drug-likeness (QED) is 0.637. The number of nitrogens with one attached hydrogen (secondary N) is 1. The summed E-state index contributed by atoms with van der Waals surface area (Å²) >= 11 is 3.65. The largest absolute Gasteiger partial charge is 0.377 e. The smallest absolute Gasteiger partial charge is 0.0766 e. The molecule has 5 nitrogen and oxygen atoms in total. The summed E-state index contributed by atoms with van der Waals surface area (Å²) in [7, 11) is 1.98. The highest BCUT2D eigenvalue weighted by molar-refractivity contribution is 9.10. The minimum absolute atomic E-state index is 0.136. The van der Waals surface area contributed by atoms with Gasteiger partial charge in [0.1, 0.15) is 0 Å². The number of rotatable bonds is 5. The summed E-state index contributed by atoms with van der Waals surface area (Å²) in [5.74, 6) is 5.72. The first-order chi connectivity index (χ1) is 9.17. The Bertz CT molecular complexity index is 415. The molecule has 1 aromatic rings. The molecule has 0 saturated carbocycles. The van der Waals surface area contributed by atoms with Gasteiger partial charge in [-0.05, 0) is 41.6 Å². The van der Waals surface area contributed by atoms with E-state index in [1.807, 2.05) is 11.7 Å². The second kappa shape index (κ2) is 6.83. The Morgan fingerprint density at radius 3 is 2.89 bits per heavy atom. The van der Waals surface area contributed by atoms with Crippen molar-refractivity contribution < 1.29 is 4.74 Å². The van der Waals surface area contributed by atoms with Crippen LogP contribution in [0.2, 0.25) is 0 Å². The van der Waals surface area contributed by atoms with Gasteiger partial charge in [-0.1, -0.05) is 6.92 Å². The first-order valence-electron chi connectivity index (χ1n) is 6.95. The van der Waals surface area contributed by atoms with Crippen molar-refractivity contribution in [2.75, 3.05) is 6.61 Å². The van der Waals surface area contributed by atoms with E-state index in [-0.39, 0.29) is 12.1 Å². The summed E-state index contributed by atoms with van der Waals surface area (Å²) in [6.45, 7) is 2.95. The van der Waals surface area contributed by atoms with Crippen molar-refractivity contribution in [1.82, 2.24) is 15.2 Å². The molecule has 1 aliphatic rings. The maximum atomic E-state index is 5.83. The van der Waals surface area contributed by atoms with Gasteiger partial charge in [-0.25, -0.2) is 0 Å². The number of hydrogen-bond donors (Lipinski definition) is 2. The molecule has 19 heavy (non-hydrogen) atoms. The fraction of sp³-hybridized carbons (Fsp3) is 0.769. The molecule has 1 fully saturated rings. The molecule has 2 heterocycles. The van der Waals surface area contributed by atoms with E-state index in [1.54, 1.807) is 0 Å². The summed E-state index contributed by atoms with van der Waals surface area (Å²) in [5, 5.41) is 4.52. The highest BCUT2D eigenvalue weighted by atomic mass is 79.9. The first-order valence-corrected chi connectivity index (χ1v) is 7.74.